The first-order valence-corrected chi connectivity index (χ1v) is 10.1. The summed E-state index contributed by atoms with van der Waals surface area (Å²) in [6.45, 7) is 0.645. The van der Waals surface area contributed by atoms with E-state index in [0.29, 0.717) is 17.1 Å². The van der Waals surface area contributed by atoms with Gasteiger partial charge < -0.3 is 4.57 Å². The highest BCUT2D eigenvalue weighted by molar-refractivity contribution is 7.99. The van der Waals surface area contributed by atoms with Crippen molar-refractivity contribution in [3.8, 4) is 0 Å². The van der Waals surface area contributed by atoms with Crippen LogP contribution in [-0.2, 0) is 6.54 Å². The summed E-state index contributed by atoms with van der Waals surface area (Å²) < 4.78 is 15.2. The standard InChI is InChI=1S/C22H16ClFN2OS/c23-17-8-11-20-19(12-17)25-22(26(20)13-15-4-2-1-3-5-15)28-14-21(27)16-6-9-18(24)10-7-16/h1-12H,13-14H2. The summed E-state index contributed by atoms with van der Waals surface area (Å²) in [6.07, 6.45) is 0. The Morgan fingerprint density at radius 2 is 1.79 bits per heavy atom. The van der Waals surface area contributed by atoms with Crippen molar-refractivity contribution in [2.75, 3.05) is 5.75 Å². The number of Topliss-reactive ketones (excluding diaryl/α,β-unsaturated/α-hetero) is 1. The van der Waals surface area contributed by atoms with Crippen LogP contribution in [0.3, 0.4) is 0 Å². The van der Waals surface area contributed by atoms with Gasteiger partial charge in [-0.1, -0.05) is 53.7 Å². The first-order valence-electron chi connectivity index (χ1n) is 8.71. The Balaban J connectivity index is 1.62. The molecule has 0 saturated heterocycles. The second kappa shape index (κ2) is 8.17. The number of rotatable bonds is 6. The Morgan fingerprint density at radius 1 is 1.04 bits per heavy atom. The van der Waals surface area contributed by atoms with Crippen LogP contribution in [0.1, 0.15) is 15.9 Å². The van der Waals surface area contributed by atoms with Crippen molar-refractivity contribution in [3.63, 3.8) is 0 Å². The Labute approximate surface area is 171 Å². The Bertz CT molecular complexity index is 1130. The van der Waals surface area contributed by atoms with E-state index in [4.69, 9.17) is 11.6 Å². The van der Waals surface area contributed by atoms with E-state index in [2.05, 4.69) is 21.7 Å². The van der Waals surface area contributed by atoms with Crippen molar-refractivity contribution in [1.82, 2.24) is 9.55 Å². The van der Waals surface area contributed by atoms with Gasteiger partial charge in [-0.2, -0.15) is 0 Å². The molecule has 0 spiro atoms. The van der Waals surface area contributed by atoms with Crippen LogP contribution in [0.2, 0.25) is 5.02 Å². The third-order valence-electron chi connectivity index (χ3n) is 4.36. The molecule has 1 aromatic heterocycles. The molecule has 0 amide bonds. The molecule has 140 valence electrons. The number of benzene rings is 3. The first kappa shape index (κ1) is 18.7. The highest BCUT2D eigenvalue weighted by Crippen LogP contribution is 2.28. The molecular formula is C22H16ClFN2OS. The van der Waals surface area contributed by atoms with Crippen LogP contribution in [-0.4, -0.2) is 21.1 Å². The van der Waals surface area contributed by atoms with Crippen molar-refractivity contribution in [3.05, 3.63) is 94.8 Å². The van der Waals surface area contributed by atoms with E-state index in [1.54, 1.807) is 0 Å². The number of thioether (sulfide) groups is 1. The molecule has 1 heterocycles. The van der Waals surface area contributed by atoms with Gasteiger partial charge in [-0.3, -0.25) is 4.79 Å². The smallest absolute Gasteiger partial charge is 0.173 e. The van der Waals surface area contributed by atoms with Gasteiger partial charge in [0.05, 0.1) is 23.3 Å². The van der Waals surface area contributed by atoms with Gasteiger partial charge in [0.2, 0.25) is 0 Å². The maximum Gasteiger partial charge on any atom is 0.173 e. The topological polar surface area (TPSA) is 34.9 Å². The third kappa shape index (κ3) is 4.11. The zero-order valence-corrected chi connectivity index (χ0v) is 16.4. The minimum absolute atomic E-state index is 0.0682. The van der Waals surface area contributed by atoms with Crippen LogP contribution in [0, 0.1) is 5.82 Å². The van der Waals surface area contributed by atoms with Gasteiger partial charge in [-0.15, -0.1) is 0 Å². The molecule has 0 aliphatic carbocycles. The molecule has 0 saturated carbocycles. The van der Waals surface area contributed by atoms with E-state index in [0.717, 1.165) is 21.8 Å². The molecule has 6 heteroatoms. The summed E-state index contributed by atoms with van der Waals surface area (Å²) in [5.74, 6) is -0.204. The average Bonchev–Trinajstić information content (AvgIpc) is 3.04. The molecule has 28 heavy (non-hydrogen) atoms. The predicted octanol–water partition coefficient (Wildman–Crippen LogP) is 5.85. The van der Waals surface area contributed by atoms with Crippen molar-refractivity contribution in [2.45, 2.75) is 11.7 Å². The molecule has 0 radical (unpaired) electrons. The first-order chi connectivity index (χ1) is 13.6. The summed E-state index contributed by atoms with van der Waals surface area (Å²) in [7, 11) is 0. The zero-order valence-electron chi connectivity index (χ0n) is 14.8. The number of ketones is 1. The minimum atomic E-state index is -0.356. The molecule has 0 aliphatic heterocycles. The number of halogens is 2. The summed E-state index contributed by atoms with van der Waals surface area (Å²) in [5, 5.41) is 1.37. The van der Waals surface area contributed by atoms with E-state index in [9.17, 15) is 9.18 Å². The highest BCUT2D eigenvalue weighted by Gasteiger charge is 2.15. The number of nitrogens with zero attached hydrogens (tertiary/aromatic N) is 2. The number of carbonyl (C=O) groups excluding carboxylic acids is 1. The van der Waals surface area contributed by atoms with Gasteiger partial charge in [0.15, 0.2) is 10.9 Å². The lowest BCUT2D eigenvalue weighted by Gasteiger charge is -2.09. The lowest BCUT2D eigenvalue weighted by molar-refractivity contribution is 0.102. The monoisotopic (exact) mass is 410 g/mol. The van der Waals surface area contributed by atoms with E-state index in [1.165, 1.54) is 36.0 Å². The van der Waals surface area contributed by atoms with Gasteiger partial charge >= 0.3 is 0 Å². The number of aromatic nitrogens is 2. The van der Waals surface area contributed by atoms with Crippen LogP contribution in [0.4, 0.5) is 4.39 Å². The second-order valence-electron chi connectivity index (χ2n) is 6.32. The molecule has 0 bridgehead atoms. The lowest BCUT2D eigenvalue weighted by atomic mass is 10.1. The normalized spacial score (nSPS) is 11.1. The number of hydrogen-bond acceptors (Lipinski definition) is 3. The molecule has 0 fully saturated rings. The SMILES string of the molecule is O=C(CSc1nc2cc(Cl)ccc2n1Cc1ccccc1)c1ccc(F)cc1. The van der Waals surface area contributed by atoms with E-state index < -0.39 is 0 Å². The number of imidazole rings is 1. The Kier molecular flexibility index (Phi) is 5.46. The zero-order chi connectivity index (χ0) is 19.5. The molecule has 3 nitrogen and oxygen atoms in total. The van der Waals surface area contributed by atoms with E-state index in [-0.39, 0.29) is 17.4 Å². The average molecular weight is 411 g/mol. The fourth-order valence-corrected chi connectivity index (χ4v) is 4.03. The van der Waals surface area contributed by atoms with Crippen LogP contribution in [0.5, 0.6) is 0 Å². The Morgan fingerprint density at radius 3 is 2.54 bits per heavy atom. The van der Waals surface area contributed by atoms with Crippen molar-refractivity contribution in [2.24, 2.45) is 0 Å². The van der Waals surface area contributed by atoms with Crippen molar-refractivity contribution in [1.29, 1.82) is 0 Å². The fraction of sp³-hybridized carbons (Fsp3) is 0.0909. The summed E-state index contributed by atoms with van der Waals surface area (Å²) >= 11 is 7.49. The van der Waals surface area contributed by atoms with Gasteiger partial charge in [0, 0.05) is 10.6 Å². The molecule has 0 atom stereocenters. The van der Waals surface area contributed by atoms with Crippen LogP contribution < -0.4 is 0 Å². The fourth-order valence-electron chi connectivity index (χ4n) is 2.96. The molecule has 0 N–H and O–H groups in total. The number of fused-ring (bicyclic) bond motifs is 1. The summed E-state index contributed by atoms with van der Waals surface area (Å²) in [5.41, 5.74) is 3.39. The van der Waals surface area contributed by atoms with Gasteiger partial charge in [-0.05, 0) is 48.0 Å². The second-order valence-corrected chi connectivity index (χ2v) is 7.70. The predicted molar refractivity (Wildman–Crippen MR) is 112 cm³/mol. The molecule has 4 aromatic rings. The minimum Gasteiger partial charge on any atom is -0.314 e. The summed E-state index contributed by atoms with van der Waals surface area (Å²) in [4.78, 5) is 17.1. The van der Waals surface area contributed by atoms with Gasteiger partial charge in [-0.25, -0.2) is 9.37 Å². The molecule has 0 aliphatic rings. The molecular weight excluding hydrogens is 395 g/mol. The van der Waals surface area contributed by atoms with Crippen LogP contribution in [0.15, 0.2) is 78.0 Å². The van der Waals surface area contributed by atoms with Crippen LogP contribution >= 0.6 is 23.4 Å². The maximum absolute atomic E-state index is 13.1. The summed E-state index contributed by atoms with van der Waals surface area (Å²) in [6, 6.07) is 21.3. The van der Waals surface area contributed by atoms with E-state index in [1.807, 2.05) is 36.4 Å². The molecule has 3 aromatic carbocycles. The largest absolute Gasteiger partial charge is 0.314 e. The van der Waals surface area contributed by atoms with E-state index >= 15 is 0 Å². The van der Waals surface area contributed by atoms with Gasteiger partial charge in [0.25, 0.3) is 0 Å². The van der Waals surface area contributed by atoms with Crippen molar-refractivity contribution < 1.29 is 9.18 Å². The van der Waals surface area contributed by atoms with Crippen LogP contribution in [0.25, 0.3) is 11.0 Å². The quantitative estimate of drug-likeness (QED) is 0.295. The molecule has 4 rings (SSSR count). The lowest BCUT2D eigenvalue weighted by Crippen LogP contribution is -2.06. The highest BCUT2D eigenvalue weighted by atomic mass is 35.5. The number of hydrogen-bond donors (Lipinski definition) is 0. The van der Waals surface area contributed by atoms with Gasteiger partial charge in [0.1, 0.15) is 5.82 Å². The maximum atomic E-state index is 13.1. The van der Waals surface area contributed by atoms with Crippen molar-refractivity contribution >= 4 is 40.2 Å². The third-order valence-corrected chi connectivity index (χ3v) is 5.57. The molecule has 0 unspecified atom stereocenters. The number of carbonyl (C=O) groups is 1. The Hall–Kier alpha value is -2.63.